The van der Waals surface area contributed by atoms with E-state index in [0.29, 0.717) is 29.5 Å². The van der Waals surface area contributed by atoms with Gasteiger partial charge in [-0.05, 0) is 86.0 Å². The van der Waals surface area contributed by atoms with Gasteiger partial charge in [0.05, 0.1) is 17.2 Å². The number of rotatable bonds is 13. The average molecular weight is 604 g/mol. The molecule has 0 aromatic heterocycles. The van der Waals surface area contributed by atoms with Crippen molar-refractivity contribution in [3.05, 3.63) is 89.2 Å². The molecule has 1 N–H and O–H groups in total. The van der Waals surface area contributed by atoms with Crippen LogP contribution in [0.5, 0.6) is 5.75 Å². The molecule has 0 fully saturated rings. The van der Waals surface area contributed by atoms with Crippen molar-refractivity contribution >= 4 is 39.1 Å². The summed E-state index contributed by atoms with van der Waals surface area (Å²) in [5.41, 5.74) is 0.812. The number of hydrogen-bond acceptors (Lipinski definition) is 5. The first kappa shape index (κ1) is 31.9. The van der Waals surface area contributed by atoms with Gasteiger partial charge >= 0.3 is 0 Å². The summed E-state index contributed by atoms with van der Waals surface area (Å²) < 4.78 is 47.7. The van der Waals surface area contributed by atoms with Gasteiger partial charge in [-0.3, -0.25) is 13.9 Å². The van der Waals surface area contributed by atoms with Crippen LogP contribution < -0.4 is 14.4 Å². The topological polar surface area (TPSA) is 96.0 Å². The first-order valence-electron chi connectivity index (χ1n) is 13.2. The van der Waals surface area contributed by atoms with E-state index in [1.807, 2.05) is 20.8 Å². The largest absolute Gasteiger partial charge is 0.494 e. The number of amides is 2. The second kappa shape index (κ2) is 14.3. The van der Waals surface area contributed by atoms with Gasteiger partial charge in [0, 0.05) is 18.1 Å². The molecular weight excluding hydrogens is 569 g/mol. The molecule has 0 spiro atoms. The predicted octanol–water partition coefficient (Wildman–Crippen LogP) is 5.26. The number of anilines is 1. The summed E-state index contributed by atoms with van der Waals surface area (Å²) in [6.07, 6.45) is 0. The molecule has 220 valence electrons. The lowest BCUT2D eigenvalue weighted by molar-refractivity contribution is -0.139. The second-order valence-electron chi connectivity index (χ2n) is 9.86. The fourth-order valence-corrected chi connectivity index (χ4v) is 5.50. The molecule has 0 saturated heterocycles. The average Bonchev–Trinajstić information content (AvgIpc) is 2.94. The Morgan fingerprint density at radius 2 is 1.56 bits per heavy atom. The van der Waals surface area contributed by atoms with Gasteiger partial charge in [-0.15, -0.1) is 0 Å². The minimum Gasteiger partial charge on any atom is -0.494 e. The maximum atomic E-state index is 13.9. The predicted molar refractivity (Wildman–Crippen MR) is 158 cm³/mol. The standard InChI is InChI=1S/C30H35ClFN3O5S/c1-5-40-27-14-12-26(13-15-27)35(41(38,39)28-16-8-24(31)9-17-28)20-29(36)34(19-23-6-10-25(32)11-7-23)22(4)30(37)33-18-21(2)3/h6-17,21-22H,5,18-20H2,1-4H3,(H,33,37)/t22-/m1/s1. The first-order valence-corrected chi connectivity index (χ1v) is 15.1. The van der Waals surface area contributed by atoms with E-state index in [0.717, 1.165) is 4.31 Å². The summed E-state index contributed by atoms with van der Waals surface area (Å²) >= 11 is 5.98. The molecule has 0 aliphatic carbocycles. The lowest BCUT2D eigenvalue weighted by Crippen LogP contribution is -2.51. The number of carbonyl (C=O) groups is 2. The number of ether oxygens (including phenoxy) is 1. The van der Waals surface area contributed by atoms with Gasteiger partial charge in [-0.1, -0.05) is 37.6 Å². The SMILES string of the molecule is CCOc1ccc(N(CC(=O)N(Cc2ccc(F)cc2)[C@H](C)C(=O)NCC(C)C)S(=O)(=O)c2ccc(Cl)cc2)cc1. The highest BCUT2D eigenvalue weighted by atomic mass is 35.5. The molecule has 11 heteroatoms. The van der Waals surface area contributed by atoms with E-state index in [4.69, 9.17) is 16.3 Å². The normalized spacial score (nSPS) is 12.1. The third-order valence-corrected chi connectivity index (χ3v) is 8.27. The maximum Gasteiger partial charge on any atom is 0.264 e. The molecule has 2 amide bonds. The highest BCUT2D eigenvalue weighted by Crippen LogP contribution is 2.27. The summed E-state index contributed by atoms with van der Waals surface area (Å²) in [4.78, 5) is 28.2. The quantitative estimate of drug-likeness (QED) is 0.287. The molecule has 0 radical (unpaired) electrons. The van der Waals surface area contributed by atoms with E-state index >= 15 is 0 Å². The fraction of sp³-hybridized carbons (Fsp3) is 0.333. The minimum absolute atomic E-state index is 0.0342. The van der Waals surface area contributed by atoms with Crippen LogP contribution in [0.1, 0.15) is 33.3 Å². The Balaban J connectivity index is 2.01. The molecule has 0 aliphatic heterocycles. The van der Waals surface area contributed by atoms with Crippen molar-refractivity contribution in [1.82, 2.24) is 10.2 Å². The van der Waals surface area contributed by atoms with E-state index in [1.54, 1.807) is 31.2 Å². The molecule has 3 rings (SSSR count). The van der Waals surface area contributed by atoms with Crippen LogP contribution >= 0.6 is 11.6 Å². The van der Waals surface area contributed by atoms with E-state index < -0.39 is 34.3 Å². The van der Waals surface area contributed by atoms with Gasteiger partial charge in [-0.2, -0.15) is 0 Å². The van der Waals surface area contributed by atoms with Gasteiger partial charge in [0.25, 0.3) is 10.0 Å². The highest BCUT2D eigenvalue weighted by Gasteiger charge is 2.32. The maximum absolute atomic E-state index is 13.9. The summed E-state index contributed by atoms with van der Waals surface area (Å²) in [5, 5.41) is 3.19. The smallest absolute Gasteiger partial charge is 0.264 e. The lowest BCUT2D eigenvalue weighted by atomic mass is 10.1. The van der Waals surface area contributed by atoms with Gasteiger partial charge < -0.3 is 15.0 Å². The molecule has 3 aromatic carbocycles. The van der Waals surface area contributed by atoms with Crippen molar-refractivity contribution in [2.24, 2.45) is 5.92 Å². The lowest BCUT2D eigenvalue weighted by Gasteiger charge is -2.32. The Kier molecular flexibility index (Phi) is 11.1. The molecule has 0 aliphatic rings. The molecule has 41 heavy (non-hydrogen) atoms. The molecule has 0 bridgehead atoms. The van der Waals surface area contributed by atoms with Crippen LogP contribution in [-0.4, -0.2) is 50.9 Å². The number of sulfonamides is 1. The van der Waals surface area contributed by atoms with Gasteiger partial charge in [0.1, 0.15) is 24.2 Å². The van der Waals surface area contributed by atoms with Crippen molar-refractivity contribution in [1.29, 1.82) is 0 Å². The van der Waals surface area contributed by atoms with Gasteiger partial charge in [-0.25, -0.2) is 12.8 Å². The van der Waals surface area contributed by atoms with E-state index in [1.165, 1.54) is 53.4 Å². The van der Waals surface area contributed by atoms with Crippen molar-refractivity contribution in [2.75, 3.05) is 24.0 Å². The molecular formula is C30H35ClFN3O5S. The van der Waals surface area contributed by atoms with Crippen LogP contribution in [-0.2, 0) is 26.2 Å². The van der Waals surface area contributed by atoms with E-state index in [2.05, 4.69) is 5.32 Å². The monoisotopic (exact) mass is 603 g/mol. The fourth-order valence-electron chi connectivity index (χ4n) is 3.96. The summed E-state index contributed by atoms with van der Waals surface area (Å²) in [6, 6.07) is 16.6. The zero-order chi connectivity index (χ0) is 30.2. The number of nitrogens with one attached hydrogen (secondary N) is 1. The van der Waals surface area contributed by atoms with Crippen molar-refractivity contribution in [2.45, 2.75) is 45.2 Å². The van der Waals surface area contributed by atoms with Crippen LogP contribution in [0.25, 0.3) is 0 Å². The van der Waals surface area contributed by atoms with Crippen molar-refractivity contribution < 1.29 is 27.1 Å². The highest BCUT2D eigenvalue weighted by molar-refractivity contribution is 7.92. The first-order chi connectivity index (χ1) is 19.4. The third kappa shape index (κ3) is 8.68. The van der Waals surface area contributed by atoms with Crippen LogP contribution in [0.2, 0.25) is 5.02 Å². The van der Waals surface area contributed by atoms with E-state index in [-0.39, 0.29) is 29.0 Å². The molecule has 3 aromatic rings. The molecule has 0 heterocycles. The Labute approximate surface area is 246 Å². The Morgan fingerprint density at radius 3 is 2.12 bits per heavy atom. The van der Waals surface area contributed by atoms with E-state index in [9.17, 15) is 22.4 Å². The molecule has 1 atom stereocenters. The van der Waals surface area contributed by atoms with Crippen molar-refractivity contribution in [3.8, 4) is 5.75 Å². The number of hydrogen-bond donors (Lipinski definition) is 1. The number of carbonyl (C=O) groups excluding carboxylic acids is 2. The Morgan fingerprint density at radius 1 is 0.951 bits per heavy atom. The third-order valence-electron chi connectivity index (χ3n) is 6.23. The van der Waals surface area contributed by atoms with Gasteiger partial charge in [0.2, 0.25) is 11.8 Å². The summed E-state index contributed by atoms with van der Waals surface area (Å²) in [6.45, 7) is 7.51. The molecule has 8 nitrogen and oxygen atoms in total. The summed E-state index contributed by atoms with van der Waals surface area (Å²) in [7, 11) is -4.23. The summed E-state index contributed by atoms with van der Waals surface area (Å²) in [5.74, 6) is -0.716. The Bertz CT molecular complexity index is 1420. The Hall–Kier alpha value is -3.63. The zero-order valence-corrected chi connectivity index (χ0v) is 25.1. The zero-order valence-electron chi connectivity index (χ0n) is 23.5. The van der Waals surface area contributed by atoms with Crippen LogP contribution in [0.15, 0.2) is 77.7 Å². The number of benzene rings is 3. The molecule has 0 unspecified atom stereocenters. The second-order valence-corrected chi connectivity index (χ2v) is 12.2. The minimum atomic E-state index is -4.23. The number of halogens is 2. The van der Waals surface area contributed by atoms with Gasteiger partial charge in [0.15, 0.2) is 0 Å². The van der Waals surface area contributed by atoms with Crippen LogP contribution in [0.3, 0.4) is 0 Å². The molecule has 0 saturated carbocycles. The van der Waals surface area contributed by atoms with Crippen LogP contribution in [0.4, 0.5) is 10.1 Å². The number of nitrogens with zero attached hydrogens (tertiary/aromatic N) is 2. The van der Waals surface area contributed by atoms with Crippen LogP contribution in [0, 0.1) is 11.7 Å². The van der Waals surface area contributed by atoms with Crippen molar-refractivity contribution in [3.63, 3.8) is 0 Å².